The molecule has 7 nitrogen and oxygen atoms in total. The van der Waals surface area contributed by atoms with Crippen molar-refractivity contribution in [2.75, 3.05) is 27.2 Å². The van der Waals surface area contributed by atoms with E-state index in [4.69, 9.17) is 4.52 Å². The Morgan fingerprint density at radius 2 is 2.16 bits per heavy atom. The summed E-state index contributed by atoms with van der Waals surface area (Å²) in [5.74, 6) is 1.30. The van der Waals surface area contributed by atoms with Crippen molar-refractivity contribution >= 4 is 5.91 Å². The number of aryl methyl sites for hydroxylation is 1. The number of carbonyl (C=O) groups excluding carboxylic acids is 1. The van der Waals surface area contributed by atoms with Crippen molar-refractivity contribution in [1.29, 1.82) is 0 Å². The van der Waals surface area contributed by atoms with Gasteiger partial charge in [0.15, 0.2) is 5.82 Å². The van der Waals surface area contributed by atoms with Crippen LogP contribution in [0.25, 0.3) is 0 Å². The Hall–Kier alpha value is -2.25. The van der Waals surface area contributed by atoms with Gasteiger partial charge in [0, 0.05) is 45.2 Å². The third kappa shape index (κ3) is 4.43. The van der Waals surface area contributed by atoms with Crippen molar-refractivity contribution < 1.29 is 9.32 Å². The molecule has 1 aromatic carbocycles. The molecule has 1 aliphatic heterocycles. The van der Waals surface area contributed by atoms with E-state index < -0.39 is 0 Å². The average molecular weight is 343 g/mol. The van der Waals surface area contributed by atoms with Gasteiger partial charge in [-0.25, -0.2) is 0 Å². The van der Waals surface area contributed by atoms with Crippen molar-refractivity contribution in [2.45, 2.75) is 32.5 Å². The first-order chi connectivity index (χ1) is 12.0. The first-order valence-corrected chi connectivity index (χ1v) is 8.58. The molecular formula is C18H25N5O2. The van der Waals surface area contributed by atoms with Crippen LogP contribution in [0, 0.1) is 6.92 Å². The lowest BCUT2D eigenvalue weighted by Gasteiger charge is -2.23. The smallest absolute Gasteiger partial charge is 0.251 e. The van der Waals surface area contributed by atoms with Gasteiger partial charge >= 0.3 is 0 Å². The molecular weight excluding hydrogens is 318 g/mol. The summed E-state index contributed by atoms with van der Waals surface area (Å²) in [4.78, 5) is 20.6. The number of amides is 1. The molecule has 3 rings (SSSR count). The average Bonchev–Trinajstić information content (AvgIpc) is 3.24. The van der Waals surface area contributed by atoms with Crippen LogP contribution < -0.4 is 5.32 Å². The molecule has 2 aromatic rings. The maximum atomic E-state index is 11.6. The largest absolute Gasteiger partial charge is 0.355 e. The number of hydrogen-bond donors (Lipinski definition) is 1. The fourth-order valence-electron chi connectivity index (χ4n) is 3.24. The number of benzene rings is 1. The van der Waals surface area contributed by atoms with Gasteiger partial charge in [0.05, 0.1) is 6.54 Å². The van der Waals surface area contributed by atoms with Crippen LogP contribution in [-0.4, -0.2) is 59.1 Å². The van der Waals surface area contributed by atoms with E-state index in [0.29, 0.717) is 24.0 Å². The highest BCUT2D eigenvalue weighted by atomic mass is 16.5. The fraction of sp³-hybridized carbons (Fsp3) is 0.500. The van der Waals surface area contributed by atoms with Crippen LogP contribution in [0.5, 0.6) is 0 Å². The Labute approximate surface area is 148 Å². The molecule has 1 amide bonds. The normalized spacial score (nSPS) is 18.0. The van der Waals surface area contributed by atoms with Gasteiger partial charge in [-0.15, -0.1) is 0 Å². The molecule has 0 radical (unpaired) electrons. The molecule has 1 saturated heterocycles. The molecule has 1 aromatic heterocycles. The molecule has 0 spiro atoms. The van der Waals surface area contributed by atoms with Crippen LogP contribution in [0.15, 0.2) is 28.8 Å². The van der Waals surface area contributed by atoms with Gasteiger partial charge in [-0.2, -0.15) is 4.98 Å². The van der Waals surface area contributed by atoms with Gasteiger partial charge in [-0.3, -0.25) is 14.6 Å². The maximum Gasteiger partial charge on any atom is 0.251 e. The number of likely N-dealkylation sites (N-methyl/N-ethyl adjacent to an activating group) is 1. The van der Waals surface area contributed by atoms with Crippen molar-refractivity contribution in [1.82, 2.24) is 25.3 Å². The van der Waals surface area contributed by atoms with E-state index in [1.54, 1.807) is 7.05 Å². The maximum absolute atomic E-state index is 11.6. The van der Waals surface area contributed by atoms with Gasteiger partial charge in [-0.05, 0) is 31.2 Å². The predicted octanol–water partition coefficient (Wildman–Crippen LogP) is 1.44. The Balaban J connectivity index is 1.51. The first kappa shape index (κ1) is 17.6. The second kappa shape index (κ2) is 7.76. The van der Waals surface area contributed by atoms with E-state index in [-0.39, 0.29) is 5.91 Å². The van der Waals surface area contributed by atoms with Gasteiger partial charge in [0.25, 0.3) is 5.91 Å². The van der Waals surface area contributed by atoms with E-state index in [1.165, 1.54) is 5.56 Å². The van der Waals surface area contributed by atoms with E-state index in [2.05, 4.69) is 32.3 Å². The molecule has 0 saturated carbocycles. The zero-order valence-corrected chi connectivity index (χ0v) is 15.0. The molecule has 1 N–H and O–H groups in total. The summed E-state index contributed by atoms with van der Waals surface area (Å²) >= 11 is 0. The molecule has 134 valence electrons. The van der Waals surface area contributed by atoms with Crippen molar-refractivity contribution in [3.8, 4) is 0 Å². The summed E-state index contributed by atoms with van der Waals surface area (Å²) in [6.45, 7) is 5.50. The number of nitrogens with one attached hydrogen (secondary N) is 1. The molecule has 1 aliphatic rings. The van der Waals surface area contributed by atoms with Gasteiger partial charge < -0.3 is 9.84 Å². The summed E-state index contributed by atoms with van der Waals surface area (Å²) in [6, 6.07) is 8.32. The Morgan fingerprint density at radius 1 is 1.40 bits per heavy atom. The zero-order chi connectivity index (χ0) is 17.8. The molecule has 7 heteroatoms. The van der Waals surface area contributed by atoms with Crippen molar-refractivity contribution in [2.24, 2.45) is 0 Å². The van der Waals surface area contributed by atoms with Gasteiger partial charge in [0.1, 0.15) is 0 Å². The topological polar surface area (TPSA) is 74.5 Å². The second-order valence-corrected chi connectivity index (χ2v) is 6.60. The number of hydrogen-bond acceptors (Lipinski definition) is 6. The van der Waals surface area contributed by atoms with E-state index in [1.807, 2.05) is 31.2 Å². The van der Waals surface area contributed by atoms with Crippen LogP contribution >= 0.6 is 0 Å². The second-order valence-electron chi connectivity index (χ2n) is 6.60. The summed E-state index contributed by atoms with van der Waals surface area (Å²) in [5.41, 5.74) is 1.92. The summed E-state index contributed by atoms with van der Waals surface area (Å²) < 4.78 is 5.04. The zero-order valence-electron chi connectivity index (χ0n) is 15.0. The lowest BCUT2D eigenvalue weighted by molar-refractivity contribution is 0.0963. The van der Waals surface area contributed by atoms with Crippen LogP contribution in [0.1, 0.15) is 34.1 Å². The molecule has 1 atom stereocenters. The highest BCUT2D eigenvalue weighted by Gasteiger charge is 2.26. The van der Waals surface area contributed by atoms with E-state index in [9.17, 15) is 4.79 Å². The molecule has 0 bridgehead atoms. The predicted molar refractivity (Wildman–Crippen MR) is 94.0 cm³/mol. The van der Waals surface area contributed by atoms with Crippen molar-refractivity contribution in [3.05, 3.63) is 47.1 Å². The molecule has 2 heterocycles. The standard InChI is InChI=1S/C18H25N5O2/c1-13-20-17(21-25-13)12-22(3)16-8-9-23(11-16)10-14-4-6-15(7-5-14)18(24)19-2/h4-7,16H,8-12H2,1-3H3,(H,19,24)/t16-/m0/s1. The van der Waals surface area contributed by atoms with E-state index in [0.717, 1.165) is 31.9 Å². The number of likely N-dealkylation sites (tertiary alicyclic amines) is 1. The third-order valence-corrected chi connectivity index (χ3v) is 4.68. The Bertz CT molecular complexity index is 713. The lowest BCUT2D eigenvalue weighted by Crippen LogP contribution is -2.34. The highest BCUT2D eigenvalue weighted by molar-refractivity contribution is 5.93. The number of rotatable bonds is 6. The first-order valence-electron chi connectivity index (χ1n) is 8.58. The number of aromatic nitrogens is 2. The van der Waals surface area contributed by atoms with Gasteiger partial charge in [0.2, 0.25) is 5.89 Å². The lowest BCUT2D eigenvalue weighted by atomic mass is 10.1. The monoisotopic (exact) mass is 343 g/mol. The third-order valence-electron chi connectivity index (χ3n) is 4.68. The molecule has 25 heavy (non-hydrogen) atoms. The molecule has 0 unspecified atom stereocenters. The number of carbonyl (C=O) groups is 1. The van der Waals surface area contributed by atoms with Gasteiger partial charge in [-0.1, -0.05) is 17.3 Å². The Kier molecular flexibility index (Phi) is 5.45. The van der Waals surface area contributed by atoms with Crippen LogP contribution in [0.2, 0.25) is 0 Å². The SMILES string of the molecule is CNC(=O)c1ccc(CN2CC[C@H](N(C)Cc3noc(C)n3)C2)cc1. The van der Waals surface area contributed by atoms with Crippen LogP contribution in [0.3, 0.4) is 0 Å². The Morgan fingerprint density at radius 3 is 2.80 bits per heavy atom. The summed E-state index contributed by atoms with van der Waals surface area (Å²) in [6.07, 6.45) is 1.13. The fourth-order valence-corrected chi connectivity index (χ4v) is 3.24. The summed E-state index contributed by atoms with van der Waals surface area (Å²) in [7, 11) is 3.75. The minimum atomic E-state index is -0.0499. The molecule has 0 aliphatic carbocycles. The van der Waals surface area contributed by atoms with Crippen LogP contribution in [-0.2, 0) is 13.1 Å². The minimum absolute atomic E-state index is 0.0499. The van der Waals surface area contributed by atoms with E-state index >= 15 is 0 Å². The van der Waals surface area contributed by atoms with Crippen LogP contribution in [0.4, 0.5) is 0 Å². The van der Waals surface area contributed by atoms with Crippen molar-refractivity contribution in [3.63, 3.8) is 0 Å². The number of nitrogens with zero attached hydrogens (tertiary/aromatic N) is 4. The quantitative estimate of drug-likeness (QED) is 0.856. The highest BCUT2D eigenvalue weighted by Crippen LogP contribution is 2.18. The minimum Gasteiger partial charge on any atom is -0.355 e. The summed E-state index contributed by atoms with van der Waals surface area (Å²) in [5, 5.41) is 6.61. The molecule has 1 fully saturated rings.